The van der Waals surface area contributed by atoms with Crippen molar-refractivity contribution in [1.29, 1.82) is 0 Å². The number of rotatable bonds is 9. The Kier molecular flexibility index (Phi) is 7.10. The summed E-state index contributed by atoms with van der Waals surface area (Å²) in [7, 11) is -3.42. The first-order chi connectivity index (χ1) is 16.6. The summed E-state index contributed by atoms with van der Waals surface area (Å²) in [5.41, 5.74) is 2.14. The molecule has 4 rings (SSSR count). The number of aliphatic hydroxyl groups is 2. The molecule has 0 amide bonds. The number of H-pyrrole nitrogens is 1. The third-order valence-corrected chi connectivity index (χ3v) is 6.26. The van der Waals surface area contributed by atoms with Gasteiger partial charge >= 0.3 is 0 Å². The highest BCUT2D eigenvalue weighted by atomic mass is 32.2. The monoisotopic (exact) mass is 501 g/mol. The zero-order valence-corrected chi connectivity index (χ0v) is 20.3. The van der Waals surface area contributed by atoms with Gasteiger partial charge in [0.05, 0.1) is 18.9 Å². The number of aliphatic hydroxyl groups excluding tert-OH is 2. The zero-order chi connectivity index (χ0) is 25.2. The summed E-state index contributed by atoms with van der Waals surface area (Å²) in [5, 5.41) is 19.1. The van der Waals surface area contributed by atoms with Crippen LogP contribution in [0.2, 0.25) is 0 Å². The first-order valence-corrected chi connectivity index (χ1v) is 12.9. The van der Waals surface area contributed by atoms with Gasteiger partial charge in [0, 0.05) is 23.6 Å². The minimum atomic E-state index is -3.42. The Balaban J connectivity index is 1.63. The van der Waals surface area contributed by atoms with E-state index in [1.807, 2.05) is 12.1 Å². The Bertz CT molecular complexity index is 1320. The maximum Gasteiger partial charge on any atom is 0.233 e. The van der Waals surface area contributed by atoms with Crippen LogP contribution in [-0.4, -0.2) is 72.2 Å². The van der Waals surface area contributed by atoms with Crippen LogP contribution in [0.1, 0.15) is 19.5 Å². The highest BCUT2D eigenvalue weighted by Crippen LogP contribution is 2.33. The smallest absolute Gasteiger partial charge is 0.233 e. The van der Waals surface area contributed by atoms with Gasteiger partial charge in [-0.15, -0.1) is 0 Å². The predicted molar refractivity (Wildman–Crippen MR) is 129 cm³/mol. The molecule has 1 aromatic carbocycles. The lowest BCUT2D eigenvalue weighted by Crippen LogP contribution is -2.21. The molecule has 3 aromatic rings. The summed E-state index contributed by atoms with van der Waals surface area (Å²) in [6.45, 7) is 3.56. The van der Waals surface area contributed by atoms with Crippen LogP contribution < -0.4 is 9.47 Å². The molecule has 11 heteroatoms. The highest BCUT2D eigenvalue weighted by Gasteiger charge is 2.25. The molecule has 3 atom stereocenters. The van der Waals surface area contributed by atoms with Crippen molar-refractivity contribution in [3.05, 3.63) is 54.4 Å². The molecule has 0 unspecified atom stereocenters. The van der Waals surface area contributed by atoms with Crippen molar-refractivity contribution in [2.45, 2.75) is 37.1 Å². The van der Waals surface area contributed by atoms with Crippen molar-refractivity contribution in [1.82, 2.24) is 9.97 Å². The van der Waals surface area contributed by atoms with Gasteiger partial charge in [-0.2, -0.15) is 0 Å². The SMILES string of the molecule is C[C@H](O)[C@@H]1COC(c2ccc(-c3cc(Oc4ccc(S(C)(=O)=O)nc4)cc(O[C@@H](C)CO)c3)[nH]2)=N1. The van der Waals surface area contributed by atoms with Crippen molar-refractivity contribution < 1.29 is 32.8 Å². The molecule has 0 bridgehead atoms. The summed E-state index contributed by atoms with van der Waals surface area (Å²) < 4.78 is 40.7. The Labute approximate surface area is 203 Å². The number of sulfone groups is 1. The molecule has 35 heavy (non-hydrogen) atoms. The second-order valence-corrected chi connectivity index (χ2v) is 10.3. The predicted octanol–water partition coefficient (Wildman–Crippen LogP) is 2.56. The zero-order valence-electron chi connectivity index (χ0n) is 19.5. The van der Waals surface area contributed by atoms with Gasteiger partial charge in [-0.25, -0.2) is 18.4 Å². The van der Waals surface area contributed by atoms with E-state index in [1.165, 1.54) is 18.3 Å². The van der Waals surface area contributed by atoms with E-state index in [0.717, 1.165) is 17.5 Å². The van der Waals surface area contributed by atoms with Gasteiger partial charge in [0.1, 0.15) is 41.7 Å². The molecule has 2 aromatic heterocycles. The Hall–Kier alpha value is -3.41. The fraction of sp³-hybridized carbons (Fsp3) is 0.333. The Morgan fingerprint density at radius 3 is 2.49 bits per heavy atom. The van der Waals surface area contributed by atoms with Crippen LogP contribution >= 0.6 is 0 Å². The molecule has 186 valence electrons. The topological polar surface area (TPSA) is 143 Å². The average molecular weight is 502 g/mol. The lowest BCUT2D eigenvalue weighted by atomic mass is 10.1. The fourth-order valence-electron chi connectivity index (χ4n) is 3.38. The van der Waals surface area contributed by atoms with Gasteiger partial charge in [0.2, 0.25) is 5.90 Å². The Morgan fingerprint density at radius 2 is 1.86 bits per heavy atom. The van der Waals surface area contributed by atoms with Gasteiger partial charge in [-0.3, -0.25) is 0 Å². The van der Waals surface area contributed by atoms with Crippen LogP contribution in [0.4, 0.5) is 0 Å². The molecule has 3 N–H and O–H groups in total. The first kappa shape index (κ1) is 24.7. The lowest BCUT2D eigenvalue weighted by molar-refractivity contribution is 0.129. The van der Waals surface area contributed by atoms with Crippen LogP contribution in [-0.2, 0) is 14.6 Å². The molecule has 10 nitrogen and oxygen atoms in total. The summed E-state index contributed by atoms with van der Waals surface area (Å²) in [5.74, 6) is 1.67. The van der Waals surface area contributed by atoms with E-state index in [-0.39, 0.29) is 17.7 Å². The number of nitrogens with one attached hydrogen (secondary N) is 1. The number of hydrogen-bond donors (Lipinski definition) is 3. The summed E-state index contributed by atoms with van der Waals surface area (Å²) in [6.07, 6.45) is 1.38. The van der Waals surface area contributed by atoms with Crippen molar-refractivity contribution in [2.75, 3.05) is 19.5 Å². The highest BCUT2D eigenvalue weighted by molar-refractivity contribution is 7.90. The molecular formula is C24H27N3O7S. The minimum Gasteiger partial charge on any atom is -0.488 e. The van der Waals surface area contributed by atoms with Gasteiger partial charge < -0.3 is 29.4 Å². The maximum atomic E-state index is 11.7. The van der Waals surface area contributed by atoms with E-state index in [0.29, 0.717) is 35.4 Å². The van der Waals surface area contributed by atoms with Crippen LogP contribution in [0.15, 0.2) is 58.7 Å². The molecule has 0 spiro atoms. The van der Waals surface area contributed by atoms with Gasteiger partial charge in [0.25, 0.3) is 0 Å². The molecular weight excluding hydrogens is 474 g/mol. The van der Waals surface area contributed by atoms with E-state index in [1.54, 1.807) is 32.0 Å². The van der Waals surface area contributed by atoms with E-state index in [2.05, 4.69) is 15.0 Å². The van der Waals surface area contributed by atoms with Crippen LogP contribution in [0.3, 0.4) is 0 Å². The number of hydrogen-bond acceptors (Lipinski definition) is 9. The van der Waals surface area contributed by atoms with Crippen molar-refractivity contribution in [3.8, 4) is 28.5 Å². The second-order valence-electron chi connectivity index (χ2n) is 8.35. The minimum absolute atomic E-state index is 0.0480. The van der Waals surface area contributed by atoms with Crippen molar-refractivity contribution >= 4 is 15.7 Å². The van der Waals surface area contributed by atoms with Gasteiger partial charge in [-0.05, 0) is 50.2 Å². The molecule has 0 aliphatic carbocycles. The molecule has 0 fully saturated rings. The normalized spacial score (nSPS) is 17.4. The Morgan fingerprint density at radius 1 is 1.11 bits per heavy atom. The third-order valence-electron chi connectivity index (χ3n) is 5.26. The molecule has 1 aliphatic rings. The quantitative estimate of drug-likeness (QED) is 0.406. The number of pyridine rings is 1. The summed E-state index contributed by atoms with van der Waals surface area (Å²) in [6, 6.07) is 11.5. The number of ether oxygens (including phenoxy) is 3. The number of aromatic amines is 1. The molecule has 0 radical (unpaired) electrons. The molecule has 0 saturated heterocycles. The van der Waals surface area contributed by atoms with Crippen LogP contribution in [0.5, 0.6) is 17.2 Å². The average Bonchev–Trinajstić information content (AvgIpc) is 3.49. The van der Waals surface area contributed by atoms with Gasteiger partial charge in [0.15, 0.2) is 14.9 Å². The maximum absolute atomic E-state index is 11.7. The van der Waals surface area contributed by atoms with Crippen LogP contribution in [0.25, 0.3) is 11.3 Å². The molecule has 0 saturated carbocycles. The number of aliphatic imine (C=N–C) groups is 1. The van der Waals surface area contributed by atoms with E-state index < -0.39 is 22.0 Å². The standard InChI is InChI=1S/C24H27N3O7S/c1-14(12-28)33-18-8-16(20-5-6-21(26-20)24-27-22(13-32-24)15(2)29)9-19(10-18)34-17-4-7-23(25-11-17)35(3,30)31/h4-11,14-15,22,26,28-29H,12-13H2,1-3H3/t14-,15-,22-/m0/s1. The number of aromatic nitrogens is 2. The lowest BCUT2D eigenvalue weighted by Gasteiger charge is -2.15. The third kappa shape index (κ3) is 5.99. The van der Waals surface area contributed by atoms with Crippen molar-refractivity contribution in [3.63, 3.8) is 0 Å². The molecule has 1 aliphatic heterocycles. The van der Waals surface area contributed by atoms with E-state index in [4.69, 9.17) is 14.2 Å². The van der Waals surface area contributed by atoms with Crippen LogP contribution in [0, 0.1) is 0 Å². The second kappa shape index (κ2) is 10.1. The summed E-state index contributed by atoms with van der Waals surface area (Å²) in [4.78, 5) is 11.6. The first-order valence-electron chi connectivity index (χ1n) is 11.0. The fourth-order valence-corrected chi connectivity index (χ4v) is 3.94. The van der Waals surface area contributed by atoms with E-state index in [9.17, 15) is 18.6 Å². The summed E-state index contributed by atoms with van der Waals surface area (Å²) >= 11 is 0. The number of benzene rings is 1. The largest absolute Gasteiger partial charge is 0.488 e. The number of nitrogens with zero attached hydrogens (tertiary/aromatic N) is 2. The molecule has 3 heterocycles. The van der Waals surface area contributed by atoms with Gasteiger partial charge in [-0.1, -0.05) is 0 Å². The van der Waals surface area contributed by atoms with E-state index >= 15 is 0 Å². The van der Waals surface area contributed by atoms with Crippen molar-refractivity contribution in [2.24, 2.45) is 4.99 Å².